The van der Waals surface area contributed by atoms with Gasteiger partial charge >= 0.3 is 0 Å². The van der Waals surface area contributed by atoms with Crippen LogP contribution < -0.4 is 5.73 Å². The van der Waals surface area contributed by atoms with E-state index >= 15 is 0 Å². The Morgan fingerprint density at radius 1 is 1.13 bits per heavy atom. The second-order valence-electron chi connectivity index (χ2n) is 3.72. The van der Waals surface area contributed by atoms with Crippen molar-refractivity contribution in [2.45, 2.75) is 12.3 Å². The Hall–Kier alpha value is -1.10. The lowest BCUT2D eigenvalue weighted by molar-refractivity contribution is 0.437. The van der Waals surface area contributed by atoms with Crippen LogP contribution in [-0.2, 0) is 0 Å². The Morgan fingerprint density at radius 2 is 1.67 bits per heavy atom. The second kappa shape index (κ2) is 3.48. The predicted molar refractivity (Wildman–Crippen MR) is 46.2 cm³/mol. The van der Waals surface area contributed by atoms with Gasteiger partial charge in [-0.15, -0.1) is 0 Å². The number of benzene rings is 1. The van der Waals surface area contributed by atoms with Gasteiger partial charge in [-0.25, -0.2) is 17.6 Å². The fraction of sp³-hybridized carbons (Fsp3) is 0.400. The van der Waals surface area contributed by atoms with Crippen molar-refractivity contribution < 1.29 is 17.6 Å². The van der Waals surface area contributed by atoms with E-state index in [1.807, 2.05) is 0 Å². The van der Waals surface area contributed by atoms with Crippen molar-refractivity contribution in [2.75, 3.05) is 6.54 Å². The molecule has 0 aliphatic heterocycles. The molecule has 82 valence electrons. The smallest absolute Gasteiger partial charge is 0.165 e. The molecule has 0 aromatic heterocycles. The summed E-state index contributed by atoms with van der Waals surface area (Å²) < 4.78 is 52.1. The largest absolute Gasteiger partial charge is 0.330 e. The normalized spacial score (nSPS) is 24.3. The van der Waals surface area contributed by atoms with Gasteiger partial charge in [0.25, 0.3) is 0 Å². The van der Waals surface area contributed by atoms with E-state index in [0.29, 0.717) is 6.42 Å². The molecule has 1 aliphatic rings. The monoisotopic (exact) mass is 219 g/mol. The summed E-state index contributed by atoms with van der Waals surface area (Å²) in [7, 11) is 0. The Kier molecular flexibility index (Phi) is 2.42. The Labute approximate surface area is 83.9 Å². The third-order valence-electron chi connectivity index (χ3n) is 2.74. The van der Waals surface area contributed by atoms with Gasteiger partial charge in [-0.05, 0) is 24.8 Å². The molecule has 0 spiro atoms. The van der Waals surface area contributed by atoms with Crippen molar-refractivity contribution in [3.8, 4) is 0 Å². The van der Waals surface area contributed by atoms with E-state index in [0.717, 1.165) is 0 Å². The molecule has 0 bridgehead atoms. The molecule has 0 amide bonds. The number of hydrogen-bond acceptors (Lipinski definition) is 1. The highest BCUT2D eigenvalue weighted by molar-refractivity contribution is 5.31. The third kappa shape index (κ3) is 1.61. The average Bonchev–Trinajstić information content (AvgIpc) is 2.95. The quantitative estimate of drug-likeness (QED) is 0.599. The molecule has 1 aliphatic carbocycles. The van der Waals surface area contributed by atoms with Crippen LogP contribution in [-0.4, -0.2) is 6.54 Å². The summed E-state index contributed by atoms with van der Waals surface area (Å²) in [4.78, 5) is 0. The van der Waals surface area contributed by atoms with Crippen LogP contribution in [0.3, 0.4) is 0 Å². The Morgan fingerprint density at radius 3 is 2.07 bits per heavy atom. The molecule has 2 N–H and O–H groups in total. The number of hydrogen-bond donors (Lipinski definition) is 1. The maximum Gasteiger partial charge on any atom is 0.165 e. The number of nitrogens with two attached hydrogens (primary N) is 1. The van der Waals surface area contributed by atoms with E-state index in [-0.39, 0.29) is 18.5 Å². The van der Waals surface area contributed by atoms with Crippen molar-refractivity contribution in [3.63, 3.8) is 0 Å². The molecule has 2 atom stereocenters. The maximum atomic E-state index is 13.2. The van der Waals surface area contributed by atoms with Crippen LogP contribution in [0, 0.1) is 29.2 Å². The summed E-state index contributed by atoms with van der Waals surface area (Å²) in [6.45, 7) is 0.266. The summed E-state index contributed by atoms with van der Waals surface area (Å²) in [6, 6.07) is 0.216. The molecule has 2 rings (SSSR count). The standard InChI is InChI=1S/C10H9F4N/c11-6-2-7(12)10(14)8(9(6)13)5-1-4(5)3-15/h2,4-5H,1,3,15H2. The molecular weight excluding hydrogens is 210 g/mol. The molecule has 0 saturated heterocycles. The SMILES string of the molecule is NCC1CC1c1c(F)c(F)cc(F)c1F. The minimum Gasteiger partial charge on any atom is -0.330 e. The molecule has 1 aromatic carbocycles. The van der Waals surface area contributed by atoms with E-state index < -0.39 is 34.8 Å². The molecule has 5 heteroatoms. The number of rotatable bonds is 2. The predicted octanol–water partition coefficient (Wildman–Crippen LogP) is 2.31. The van der Waals surface area contributed by atoms with Crippen molar-refractivity contribution >= 4 is 0 Å². The molecule has 1 nitrogen and oxygen atoms in total. The Bertz CT molecular complexity index is 379. The lowest BCUT2D eigenvalue weighted by atomic mass is 10.1. The van der Waals surface area contributed by atoms with E-state index in [9.17, 15) is 17.6 Å². The van der Waals surface area contributed by atoms with Crippen molar-refractivity contribution in [1.82, 2.24) is 0 Å². The van der Waals surface area contributed by atoms with Gasteiger partial charge in [0.1, 0.15) is 0 Å². The minimum atomic E-state index is -1.36. The van der Waals surface area contributed by atoms with Crippen LogP contribution in [0.1, 0.15) is 17.9 Å². The van der Waals surface area contributed by atoms with E-state index in [1.54, 1.807) is 0 Å². The molecule has 2 unspecified atom stereocenters. The van der Waals surface area contributed by atoms with Crippen LogP contribution in [0.25, 0.3) is 0 Å². The first kappa shape index (κ1) is 10.4. The first-order valence-electron chi connectivity index (χ1n) is 4.59. The lowest BCUT2D eigenvalue weighted by Crippen LogP contribution is -2.06. The molecular formula is C10H9F4N. The molecule has 15 heavy (non-hydrogen) atoms. The second-order valence-corrected chi connectivity index (χ2v) is 3.72. The summed E-state index contributed by atoms with van der Waals surface area (Å²) in [5, 5.41) is 0. The first-order valence-corrected chi connectivity index (χ1v) is 4.59. The van der Waals surface area contributed by atoms with E-state index in [2.05, 4.69) is 0 Å². The summed E-state index contributed by atoms with van der Waals surface area (Å²) >= 11 is 0. The van der Waals surface area contributed by atoms with Gasteiger partial charge in [-0.1, -0.05) is 0 Å². The summed E-state index contributed by atoms with van der Waals surface area (Å²) in [5.41, 5.74) is 4.81. The molecule has 0 radical (unpaired) electrons. The molecule has 1 saturated carbocycles. The van der Waals surface area contributed by atoms with Gasteiger partial charge in [-0.3, -0.25) is 0 Å². The average molecular weight is 219 g/mol. The van der Waals surface area contributed by atoms with Gasteiger partial charge in [0, 0.05) is 11.6 Å². The third-order valence-corrected chi connectivity index (χ3v) is 2.74. The Balaban J connectivity index is 2.46. The highest BCUT2D eigenvalue weighted by atomic mass is 19.2. The van der Waals surface area contributed by atoms with Crippen LogP contribution in [0.4, 0.5) is 17.6 Å². The first-order chi connectivity index (χ1) is 7.06. The summed E-state index contributed by atoms with van der Waals surface area (Å²) in [5.74, 6) is -5.86. The van der Waals surface area contributed by atoms with Gasteiger partial charge in [0.2, 0.25) is 0 Å². The number of halogens is 4. The van der Waals surface area contributed by atoms with Crippen molar-refractivity contribution in [3.05, 3.63) is 34.9 Å². The molecule has 1 aromatic rings. The van der Waals surface area contributed by atoms with Gasteiger partial charge < -0.3 is 5.73 Å². The highest BCUT2D eigenvalue weighted by Crippen LogP contribution is 2.48. The minimum absolute atomic E-state index is 0.0739. The van der Waals surface area contributed by atoms with Crippen LogP contribution in [0.2, 0.25) is 0 Å². The van der Waals surface area contributed by atoms with Gasteiger partial charge in [0.15, 0.2) is 23.3 Å². The molecule has 1 fully saturated rings. The zero-order valence-corrected chi connectivity index (χ0v) is 7.74. The van der Waals surface area contributed by atoms with Gasteiger partial charge in [-0.2, -0.15) is 0 Å². The zero-order valence-electron chi connectivity index (χ0n) is 7.74. The van der Waals surface area contributed by atoms with Crippen LogP contribution in [0.15, 0.2) is 6.07 Å². The maximum absolute atomic E-state index is 13.2. The fourth-order valence-corrected chi connectivity index (χ4v) is 1.78. The van der Waals surface area contributed by atoms with Crippen molar-refractivity contribution in [2.24, 2.45) is 11.7 Å². The van der Waals surface area contributed by atoms with Crippen LogP contribution >= 0.6 is 0 Å². The van der Waals surface area contributed by atoms with Crippen molar-refractivity contribution in [1.29, 1.82) is 0 Å². The molecule has 0 heterocycles. The van der Waals surface area contributed by atoms with Gasteiger partial charge in [0.05, 0.1) is 0 Å². The fourth-order valence-electron chi connectivity index (χ4n) is 1.78. The highest BCUT2D eigenvalue weighted by Gasteiger charge is 2.42. The van der Waals surface area contributed by atoms with E-state index in [4.69, 9.17) is 5.73 Å². The lowest BCUT2D eigenvalue weighted by Gasteiger charge is -2.05. The topological polar surface area (TPSA) is 26.0 Å². The zero-order chi connectivity index (χ0) is 11.2. The van der Waals surface area contributed by atoms with Crippen LogP contribution in [0.5, 0.6) is 0 Å². The van der Waals surface area contributed by atoms with E-state index in [1.165, 1.54) is 0 Å². The summed E-state index contributed by atoms with van der Waals surface area (Å²) in [6.07, 6.45) is 0.479.